The van der Waals surface area contributed by atoms with Gasteiger partial charge in [0.1, 0.15) is 29.6 Å². The molecule has 0 amide bonds. The minimum atomic E-state index is -4.22. The molecule has 16 heteroatoms. The highest BCUT2D eigenvalue weighted by atomic mass is 31.2. The molecular weight excluding hydrogens is 559 g/mol. The van der Waals surface area contributed by atoms with E-state index in [1.165, 1.54) is 13.3 Å². The summed E-state index contributed by atoms with van der Waals surface area (Å²) in [5.41, 5.74) is 5.15. The van der Waals surface area contributed by atoms with Crippen molar-refractivity contribution in [2.45, 2.75) is 63.9 Å². The predicted octanol–water partition coefficient (Wildman–Crippen LogP) is 1.97. The predicted molar refractivity (Wildman–Crippen MR) is 144 cm³/mol. The Balaban J connectivity index is 1.38. The van der Waals surface area contributed by atoms with E-state index in [-0.39, 0.29) is 30.3 Å². The maximum Gasteiger partial charge on any atom is 0.459 e. The van der Waals surface area contributed by atoms with Gasteiger partial charge in [-0.3, -0.25) is 13.9 Å². The lowest BCUT2D eigenvalue weighted by Gasteiger charge is -2.32. The van der Waals surface area contributed by atoms with Crippen LogP contribution in [0.1, 0.15) is 33.9 Å². The number of nitrogens with zero attached hydrogens (tertiary/aromatic N) is 4. The number of nitrogens with one attached hydrogen (secondary N) is 1. The molecule has 41 heavy (non-hydrogen) atoms. The topological polar surface area (TPSA) is 191 Å². The van der Waals surface area contributed by atoms with E-state index >= 15 is 0 Å². The fourth-order valence-electron chi connectivity index (χ4n) is 4.60. The average molecular weight is 593 g/mol. The van der Waals surface area contributed by atoms with Gasteiger partial charge in [-0.2, -0.15) is 15.1 Å². The van der Waals surface area contributed by atoms with E-state index in [9.17, 15) is 14.5 Å². The molecule has 1 unspecified atom stereocenters. The van der Waals surface area contributed by atoms with Crippen molar-refractivity contribution in [3.63, 3.8) is 0 Å². The molecule has 2 saturated heterocycles. The first-order chi connectivity index (χ1) is 19.5. The van der Waals surface area contributed by atoms with Gasteiger partial charge in [-0.1, -0.05) is 18.2 Å². The summed E-state index contributed by atoms with van der Waals surface area (Å²) >= 11 is 0. The summed E-state index contributed by atoms with van der Waals surface area (Å²) in [7, 11) is -4.22. The van der Waals surface area contributed by atoms with Crippen molar-refractivity contribution in [2.24, 2.45) is 0 Å². The van der Waals surface area contributed by atoms with Crippen molar-refractivity contribution in [2.75, 3.05) is 25.6 Å². The van der Waals surface area contributed by atoms with Gasteiger partial charge in [0, 0.05) is 0 Å². The summed E-state index contributed by atoms with van der Waals surface area (Å²) < 4.78 is 49.9. The van der Waals surface area contributed by atoms with Crippen molar-refractivity contribution in [1.29, 1.82) is 0 Å². The number of hydrogen-bond acceptors (Lipinski definition) is 13. The minimum Gasteiger partial charge on any atom is -0.476 e. The molecule has 0 spiro atoms. The molecule has 4 N–H and O–H groups in total. The molecule has 2 aliphatic heterocycles. The van der Waals surface area contributed by atoms with Crippen LogP contribution >= 0.6 is 7.75 Å². The Kier molecular flexibility index (Phi) is 8.19. The van der Waals surface area contributed by atoms with Crippen molar-refractivity contribution in [3.8, 4) is 11.6 Å². The van der Waals surface area contributed by atoms with Gasteiger partial charge < -0.3 is 34.3 Å². The van der Waals surface area contributed by atoms with Gasteiger partial charge in [0.05, 0.1) is 32.3 Å². The molecule has 3 aromatic rings. The van der Waals surface area contributed by atoms with Gasteiger partial charge in [0.2, 0.25) is 11.8 Å². The van der Waals surface area contributed by atoms with Gasteiger partial charge in [0.25, 0.3) is 0 Å². The summed E-state index contributed by atoms with van der Waals surface area (Å²) in [5, 5.41) is 13.8. The molecule has 222 valence electrons. The molecule has 2 aliphatic rings. The smallest absolute Gasteiger partial charge is 0.459 e. The number of hydrogen-bond donors (Lipinski definition) is 3. The van der Waals surface area contributed by atoms with E-state index in [1.54, 1.807) is 55.7 Å². The third kappa shape index (κ3) is 5.87. The first-order valence-corrected chi connectivity index (χ1v) is 14.7. The van der Waals surface area contributed by atoms with Crippen LogP contribution in [0.5, 0.6) is 11.6 Å². The largest absolute Gasteiger partial charge is 0.476 e. The van der Waals surface area contributed by atoms with Gasteiger partial charge >= 0.3 is 13.7 Å². The Morgan fingerprint density at radius 3 is 2.76 bits per heavy atom. The van der Waals surface area contributed by atoms with Crippen LogP contribution in [-0.4, -0.2) is 80.4 Å². The maximum absolute atomic E-state index is 13.9. The minimum absolute atomic E-state index is 0.0273. The molecule has 0 radical (unpaired) electrons. The second-order valence-corrected chi connectivity index (χ2v) is 11.6. The van der Waals surface area contributed by atoms with Gasteiger partial charge in [-0.05, 0) is 39.8 Å². The van der Waals surface area contributed by atoms with Crippen LogP contribution < -0.4 is 20.1 Å². The average Bonchev–Trinajstić information content (AvgIpc) is 3.57. The lowest BCUT2D eigenvalue weighted by atomic mass is 10.0. The Morgan fingerprint density at radius 1 is 1.29 bits per heavy atom. The maximum atomic E-state index is 13.9. The number of esters is 1. The Bertz CT molecular complexity index is 1440. The molecule has 0 saturated carbocycles. The first-order valence-electron chi connectivity index (χ1n) is 13.1. The van der Waals surface area contributed by atoms with Gasteiger partial charge in [-0.25, -0.2) is 9.55 Å². The van der Waals surface area contributed by atoms with Crippen LogP contribution in [0.25, 0.3) is 11.2 Å². The number of aromatic nitrogens is 4. The zero-order chi connectivity index (χ0) is 29.4. The highest BCUT2D eigenvalue weighted by Gasteiger charge is 2.63. The van der Waals surface area contributed by atoms with Crippen LogP contribution in [-0.2, 0) is 28.1 Å². The molecule has 5 rings (SSSR count). The fraction of sp³-hybridized carbons (Fsp3) is 0.520. The van der Waals surface area contributed by atoms with E-state index in [0.29, 0.717) is 17.8 Å². The molecule has 4 heterocycles. The van der Waals surface area contributed by atoms with Crippen molar-refractivity contribution in [3.05, 3.63) is 36.7 Å². The number of nitrogens with two attached hydrogens (primary N) is 1. The SMILES string of the molecule is CCOc1nc(N)nc2c1ncn2[C@H]1O[C@@]2(COP(=O)(N[C@H](C)C(=O)OC(C)C)Oc3ccccc3)CO[C@@H]1[C@@H]2O. The molecule has 1 aromatic carbocycles. The fourth-order valence-corrected chi connectivity index (χ4v) is 6.15. The summed E-state index contributed by atoms with van der Waals surface area (Å²) in [6.07, 6.45) is -1.80. The van der Waals surface area contributed by atoms with E-state index in [2.05, 4.69) is 20.0 Å². The molecule has 2 fully saturated rings. The molecule has 2 bridgehead atoms. The number of imidazole rings is 1. The standard InChI is InChI=1S/C25H33N6O9P/c1-5-35-21-17-20(28-24(26)29-21)31(13-27-17)22-18-19(32)25(39-22,11-36-18)12-37-41(34,40-16-9-7-6-8-10-16)30-15(4)23(33)38-14(2)3/h6-10,13-15,18-19,22,32H,5,11-12H2,1-4H3,(H,30,34)(H2,26,28,29)/t15-,18-,19+,22+,25-,41?/m1/s1. The number of benzene rings is 1. The molecule has 0 aliphatic carbocycles. The number of rotatable bonds is 12. The second-order valence-electron chi connectivity index (χ2n) is 9.95. The number of carbonyl (C=O) groups is 1. The third-order valence-electron chi connectivity index (χ3n) is 6.47. The van der Waals surface area contributed by atoms with Crippen molar-refractivity contribution < 1.29 is 42.5 Å². The highest BCUT2D eigenvalue weighted by molar-refractivity contribution is 7.52. The van der Waals surface area contributed by atoms with E-state index in [1.807, 2.05) is 0 Å². The summed E-state index contributed by atoms with van der Waals surface area (Å²) in [5.74, 6) is -0.212. The quantitative estimate of drug-likeness (QED) is 0.204. The van der Waals surface area contributed by atoms with E-state index in [0.717, 1.165) is 0 Å². The molecule has 6 atom stereocenters. The Labute approximate surface area is 235 Å². The summed E-state index contributed by atoms with van der Waals surface area (Å²) in [6, 6.07) is 7.30. The van der Waals surface area contributed by atoms with E-state index in [4.69, 9.17) is 33.7 Å². The van der Waals surface area contributed by atoms with Crippen molar-refractivity contribution in [1.82, 2.24) is 24.6 Å². The Hall–Kier alpha value is -3.33. The number of aliphatic hydroxyl groups excluding tert-OH is 1. The number of nitrogen functional groups attached to an aromatic ring is 1. The van der Waals surface area contributed by atoms with E-state index < -0.39 is 50.4 Å². The number of fused-ring (bicyclic) bond motifs is 3. The van der Waals surface area contributed by atoms with Gasteiger partial charge in [0.15, 0.2) is 17.4 Å². The highest BCUT2D eigenvalue weighted by Crippen LogP contribution is 2.51. The van der Waals surface area contributed by atoms with Gasteiger partial charge in [-0.15, -0.1) is 0 Å². The van der Waals surface area contributed by atoms with Crippen LogP contribution in [0.15, 0.2) is 36.7 Å². The van der Waals surface area contributed by atoms with Crippen LogP contribution in [0.2, 0.25) is 0 Å². The normalized spacial score (nSPS) is 25.8. The summed E-state index contributed by atoms with van der Waals surface area (Å²) in [4.78, 5) is 25.2. The van der Waals surface area contributed by atoms with Crippen LogP contribution in [0.3, 0.4) is 0 Å². The third-order valence-corrected chi connectivity index (χ3v) is 8.10. The first kappa shape index (κ1) is 29.2. The van der Waals surface area contributed by atoms with Crippen LogP contribution in [0.4, 0.5) is 5.95 Å². The number of aliphatic hydroxyl groups is 1. The Morgan fingerprint density at radius 2 is 2.05 bits per heavy atom. The molecular formula is C25H33N6O9P. The summed E-state index contributed by atoms with van der Waals surface area (Å²) in [6.45, 7) is 6.57. The zero-order valence-electron chi connectivity index (χ0n) is 23.0. The number of anilines is 1. The number of ether oxygens (including phenoxy) is 4. The lowest BCUT2D eigenvalue weighted by molar-refractivity contribution is -0.183. The zero-order valence-corrected chi connectivity index (χ0v) is 23.9. The monoisotopic (exact) mass is 592 g/mol. The molecule has 15 nitrogen and oxygen atoms in total. The molecule has 2 aromatic heterocycles. The van der Waals surface area contributed by atoms with Crippen molar-refractivity contribution >= 4 is 30.8 Å². The van der Waals surface area contributed by atoms with Crippen LogP contribution in [0, 0.1) is 0 Å². The lowest BCUT2D eigenvalue weighted by Crippen LogP contribution is -2.46. The number of para-hydroxylation sites is 1. The second kappa shape index (κ2) is 11.5. The number of carbonyl (C=O) groups excluding carboxylic acids is 1.